The number of hydrogen-bond acceptors (Lipinski definition) is 3. The van der Waals surface area contributed by atoms with Gasteiger partial charge in [-0.3, -0.25) is 13.8 Å². The highest BCUT2D eigenvalue weighted by atomic mass is 32.2. The number of rotatable bonds is 5. The average molecular weight is 275 g/mol. The third kappa shape index (κ3) is 4.08. The molecule has 5 nitrogen and oxygen atoms in total. The van der Waals surface area contributed by atoms with E-state index in [-0.39, 0.29) is 17.9 Å². The second-order valence-electron chi connectivity index (χ2n) is 5.28. The summed E-state index contributed by atoms with van der Waals surface area (Å²) in [6, 6.07) is -0.186. The number of aliphatic carboxylic acids is 1. The Bertz CT molecular complexity index is 358. The summed E-state index contributed by atoms with van der Waals surface area (Å²) in [7, 11) is -0.969. The summed E-state index contributed by atoms with van der Waals surface area (Å²) < 4.78 is 11.0. The predicted octanol–water partition coefficient (Wildman–Crippen LogP) is 0.616. The summed E-state index contributed by atoms with van der Waals surface area (Å²) in [5.41, 5.74) is 0. The molecule has 0 heterocycles. The zero-order valence-electron chi connectivity index (χ0n) is 11.0. The second-order valence-corrected chi connectivity index (χ2v) is 6.76. The molecule has 1 fully saturated rings. The number of amides is 1. The molecule has 0 aromatic carbocycles. The van der Waals surface area contributed by atoms with Gasteiger partial charge in [0.2, 0.25) is 5.91 Å². The van der Waals surface area contributed by atoms with Crippen LogP contribution in [0.15, 0.2) is 0 Å². The van der Waals surface area contributed by atoms with Crippen molar-refractivity contribution in [2.45, 2.75) is 32.7 Å². The number of hydrogen-bond donors (Lipinski definition) is 2. The average Bonchev–Trinajstić information content (AvgIpc) is 2.58. The Balaban J connectivity index is 2.60. The van der Waals surface area contributed by atoms with E-state index in [9.17, 15) is 13.8 Å². The molecule has 0 aromatic heterocycles. The molecule has 0 bridgehead atoms. The molecule has 18 heavy (non-hydrogen) atoms. The van der Waals surface area contributed by atoms with Gasteiger partial charge < -0.3 is 10.4 Å². The van der Waals surface area contributed by atoms with Crippen molar-refractivity contribution in [2.75, 3.05) is 12.0 Å². The van der Waals surface area contributed by atoms with Crippen LogP contribution in [0.1, 0.15) is 26.7 Å². The number of carboxylic acid groups (broad SMARTS) is 1. The van der Waals surface area contributed by atoms with Gasteiger partial charge in [-0.15, -0.1) is 0 Å². The molecule has 1 aliphatic carbocycles. The first-order valence-corrected chi connectivity index (χ1v) is 7.87. The molecule has 1 aliphatic rings. The fraction of sp³-hybridized carbons (Fsp3) is 0.833. The van der Waals surface area contributed by atoms with E-state index >= 15 is 0 Å². The van der Waals surface area contributed by atoms with Crippen LogP contribution in [-0.2, 0) is 20.4 Å². The fourth-order valence-corrected chi connectivity index (χ4v) is 3.39. The Morgan fingerprint density at radius 1 is 1.39 bits per heavy atom. The maximum absolute atomic E-state index is 12.0. The van der Waals surface area contributed by atoms with E-state index in [1.165, 1.54) is 0 Å². The van der Waals surface area contributed by atoms with Crippen LogP contribution in [0.3, 0.4) is 0 Å². The Hall–Kier alpha value is -0.910. The SMILES string of the molecule is CC1C[C@H](C(=O)NC(C)CS(C)=O)[C@H](C(=O)O)C1. The predicted molar refractivity (Wildman–Crippen MR) is 69.6 cm³/mol. The molecule has 0 spiro atoms. The summed E-state index contributed by atoms with van der Waals surface area (Å²) >= 11 is 0. The van der Waals surface area contributed by atoms with E-state index < -0.39 is 28.6 Å². The molecule has 5 atom stereocenters. The highest BCUT2D eigenvalue weighted by molar-refractivity contribution is 7.84. The van der Waals surface area contributed by atoms with E-state index in [0.717, 1.165) is 0 Å². The lowest BCUT2D eigenvalue weighted by Crippen LogP contribution is -2.42. The van der Waals surface area contributed by atoms with Gasteiger partial charge >= 0.3 is 5.97 Å². The molecule has 0 radical (unpaired) electrons. The van der Waals surface area contributed by atoms with Gasteiger partial charge in [0.05, 0.1) is 11.8 Å². The number of carbonyl (C=O) groups excluding carboxylic acids is 1. The normalized spacial score (nSPS) is 30.7. The lowest BCUT2D eigenvalue weighted by atomic mass is 9.95. The zero-order valence-corrected chi connectivity index (χ0v) is 11.8. The van der Waals surface area contributed by atoms with Gasteiger partial charge in [0, 0.05) is 28.9 Å². The molecule has 6 heteroatoms. The second kappa shape index (κ2) is 6.31. The largest absolute Gasteiger partial charge is 0.481 e. The lowest BCUT2D eigenvalue weighted by molar-refractivity contribution is -0.146. The topological polar surface area (TPSA) is 83.5 Å². The van der Waals surface area contributed by atoms with E-state index in [0.29, 0.717) is 18.6 Å². The quantitative estimate of drug-likeness (QED) is 0.770. The van der Waals surface area contributed by atoms with Crippen LogP contribution in [0.4, 0.5) is 0 Å². The summed E-state index contributed by atoms with van der Waals surface area (Å²) in [5.74, 6) is -1.50. The van der Waals surface area contributed by atoms with Crippen LogP contribution in [0.25, 0.3) is 0 Å². The summed E-state index contributed by atoms with van der Waals surface area (Å²) in [5, 5.41) is 11.9. The van der Waals surface area contributed by atoms with E-state index in [1.807, 2.05) is 6.92 Å². The van der Waals surface area contributed by atoms with Crippen molar-refractivity contribution < 1.29 is 18.9 Å². The molecule has 0 saturated heterocycles. The van der Waals surface area contributed by atoms with Crippen molar-refractivity contribution in [1.82, 2.24) is 5.32 Å². The number of carboxylic acids is 1. The van der Waals surface area contributed by atoms with Gasteiger partial charge in [0.1, 0.15) is 0 Å². The molecule has 1 saturated carbocycles. The number of carbonyl (C=O) groups is 2. The highest BCUT2D eigenvalue weighted by Crippen LogP contribution is 2.36. The molecule has 0 aliphatic heterocycles. The van der Waals surface area contributed by atoms with Gasteiger partial charge in [0.25, 0.3) is 0 Å². The molecular weight excluding hydrogens is 254 g/mol. The van der Waals surface area contributed by atoms with Gasteiger partial charge in [-0.1, -0.05) is 6.92 Å². The highest BCUT2D eigenvalue weighted by Gasteiger charge is 2.41. The summed E-state index contributed by atoms with van der Waals surface area (Å²) in [4.78, 5) is 23.1. The van der Waals surface area contributed by atoms with Crippen LogP contribution in [0, 0.1) is 17.8 Å². The minimum Gasteiger partial charge on any atom is -0.481 e. The van der Waals surface area contributed by atoms with Crippen molar-refractivity contribution in [1.29, 1.82) is 0 Å². The molecule has 3 unspecified atom stereocenters. The van der Waals surface area contributed by atoms with Crippen LogP contribution < -0.4 is 5.32 Å². The van der Waals surface area contributed by atoms with Crippen molar-refractivity contribution >= 4 is 22.7 Å². The van der Waals surface area contributed by atoms with Gasteiger partial charge in [-0.25, -0.2) is 0 Å². The monoisotopic (exact) mass is 275 g/mol. The Kier molecular flexibility index (Phi) is 5.31. The first kappa shape index (κ1) is 15.1. The first-order chi connectivity index (χ1) is 8.31. The third-order valence-corrected chi connectivity index (χ3v) is 4.30. The zero-order chi connectivity index (χ0) is 13.9. The van der Waals surface area contributed by atoms with Crippen LogP contribution in [-0.4, -0.2) is 39.2 Å². The van der Waals surface area contributed by atoms with Crippen LogP contribution in [0.2, 0.25) is 0 Å². The lowest BCUT2D eigenvalue weighted by Gasteiger charge is -2.19. The Morgan fingerprint density at radius 2 is 1.94 bits per heavy atom. The standard InChI is InChI=1S/C12H21NO4S/c1-7-4-9(10(5-7)12(15)16)11(14)13-8(2)6-18(3)17/h7-10H,4-6H2,1-3H3,(H,13,14)(H,15,16)/t7?,8?,9-,10+,18?/m0/s1. The van der Waals surface area contributed by atoms with Crippen molar-refractivity contribution in [3.8, 4) is 0 Å². The van der Waals surface area contributed by atoms with Gasteiger partial charge in [-0.05, 0) is 25.7 Å². The molecule has 1 amide bonds. The van der Waals surface area contributed by atoms with Crippen molar-refractivity contribution in [3.05, 3.63) is 0 Å². The fourth-order valence-electron chi connectivity index (χ4n) is 2.60. The van der Waals surface area contributed by atoms with Crippen LogP contribution >= 0.6 is 0 Å². The maximum atomic E-state index is 12.0. The molecule has 1 rings (SSSR count). The van der Waals surface area contributed by atoms with E-state index in [1.54, 1.807) is 13.2 Å². The van der Waals surface area contributed by atoms with Gasteiger partial charge in [-0.2, -0.15) is 0 Å². The molecular formula is C12H21NO4S. The molecule has 104 valence electrons. The first-order valence-electron chi connectivity index (χ1n) is 6.14. The summed E-state index contributed by atoms with van der Waals surface area (Å²) in [6.07, 6.45) is 2.76. The minimum absolute atomic E-state index is 0.186. The minimum atomic E-state index is -0.969. The maximum Gasteiger partial charge on any atom is 0.307 e. The molecule has 0 aromatic rings. The van der Waals surface area contributed by atoms with Crippen molar-refractivity contribution in [2.24, 2.45) is 17.8 Å². The van der Waals surface area contributed by atoms with E-state index in [4.69, 9.17) is 5.11 Å². The van der Waals surface area contributed by atoms with Crippen LogP contribution in [0.5, 0.6) is 0 Å². The van der Waals surface area contributed by atoms with Gasteiger partial charge in [0.15, 0.2) is 0 Å². The summed E-state index contributed by atoms with van der Waals surface area (Å²) in [6.45, 7) is 3.75. The third-order valence-electron chi connectivity index (χ3n) is 3.33. The number of nitrogens with one attached hydrogen (secondary N) is 1. The smallest absolute Gasteiger partial charge is 0.307 e. The Morgan fingerprint density at radius 3 is 2.44 bits per heavy atom. The van der Waals surface area contributed by atoms with E-state index in [2.05, 4.69) is 5.32 Å². The molecule has 2 N–H and O–H groups in total. The Labute approximate surface area is 110 Å². The van der Waals surface area contributed by atoms with Crippen molar-refractivity contribution in [3.63, 3.8) is 0 Å².